The van der Waals surface area contributed by atoms with E-state index in [0.29, 0.717) is 30.3 Å². The van der Waals surface area contributed by atoms with Gasteiger partial charge in [0.15, 0.2) is 29.3 Å². The van der Waals surface area contributed by atoms with Crippen LogP contribution in [-0.4, -0.2) is 41.2 Å². The smallest absolute Gasteiger partial charge is 0.308 e. The molecule has 2 aromatic rings. The van der Waals surface area contributed by atoms with Gasteiger partial charge in [-0.15, -0.1) is 0 Å². The molecular formula is C17H18N2O6. The third-order valence-electron chi connectivity index (χ3n) is 4.09. The van der Waals surface area contributed by atoms with Gasteiger partial charge in [0.1, 0.15) is 13.2 Å². The van der Waals surface area contributed by atoms with Crippen molar-refractivity contribution in [2.24, 2.45) is 5.92 Å². The minimum absolute atomic E-state index is 0.0844. The average Bonchev–Trinajstić information content (AvgIpc) is 3.10. The van der Waals surface area contributed by atoms with E-state index in [1.807, 2.05) is 0 Å². The second-order valence-corrected chi connectivity index (χ2v) is 5.78. The first-order chi connectivity index (χ1) is 12.0. The van der Waals surface area contributed by atoms with Crippen molar-refractivity contribution in [2.45, 2.75) is 19.9 Å². The van der Waals surface area contributed by atoms with Crippen LogP contribution in [0, 0.1) is 5.92 Å². The van der Waals surface area contributed by atoms with Gasteiger partial charge in [-0.25, -0.2) is 4.98 Å². The number of carbonyl (C=O) groups is 2. The molecule has 8 nitrogen and oxygen atoms in total. The van der Waals surface area contributed by atoms with Crippen molar-refractivity contribution in [2.75, 3.05) is 13.2 Å². The van der Waals surface area contributed by atoms with E-state index < -0.39 is 23.8 Å². The molecule has 0 bridgehead atoms. The Labute approximate surface area is 143 Å². The molecule has 1 aliphatic heterocycles. The largest absolute Gasteiger partial charge is 0.486 e. The fraction of sp³-hybridized carbons (Fsp3) is 0.353. The predicted octanol–water partition coefficient (Wildman–Crippen LogP) is 1.95. The van der Waals surface area contributed by atoms with Crippen molar-refractivity contribution in [3.05, 3.63) is 30.3 Å². The normalized spacial score (nSPS) is 15.3. The van der Waals surface area contributed by atoms with Gasteiger partial charge in [0, 0.05) is 11.6 Å². The van der Waals surface area contributed by atoms with Crippen molar-refractivity contribution in [3.8, 4) is 22.8 Å². The van der Waals surface area contributed by atoms with Crippen molar-refractivity contribution in [1.29, 1.82) is 0 Å². The van der Waals surface area contributed by atoms with Crippen LogP contribution in [0.3, 0.4) is 0 Å². The summed E-state index contributed by atoms with van der Waals surface area (Å²) in [7, 11) is 0. The van der Waals surface area contributed by atoms with E-state index in [1.165, 1.54) is 13.3 Å². The molecule has 25 heavy (non-hydrogen) atoms. The van der Waals surface area contributed by atoms with E-state index in [2.05, 4.69) is 10.3 Å². The monoisotopic (exact) mass is 346 g/mol. The Morgan fingerprint density at radius 1 is 1.20 bits per heavy atom. The average molecular weight is 346 g/mol. The molecule has 0 spiro atoms. The van der Waals surface area contributed by atoms with Gasteiger partial charge in [-0.2, -0.15) is 0 Å². The summed E-state index contributed by atoms with van der Waals surface area (Å²) in [6.07, 6.45) is 1.17. The zero-order valence-corrected chi connectivity index (χ0v) is 13.8. The summed E-state index contributed by atoms with van der Waals surface area (Å²) in [5.41, 5.74) is 0.701. The van der Waals surface area contributed by atoms with Gasteiger partial charge >= 0.3 is 5.97 Å². The molecule has 132 valence electrons. The molecule has 2 unspecified atom stereocenters. The quantitative estimate of drug-likeness (QED) is 0.851. The first-order valence-electron chi connectivity index (χ1n) is 7.84. The number of aromatic nitrogens is 1. The van der Waals surface area contributed by atoms with E-state index in [1.54, 1.807) is 25.1 Å². The molecule has 8 heteroatoms. The summed E-state index contributed by atoms with van der Waals surface area (Å²) >= 11 is 0. The fourth-order valence-electron chi connectivity index (χ4n) is 2.41. The molecule has 1 aromatic carbocycles. The first-order valence-corrected chi connectivity index (χ1v) is 7.84. The van der Waals surface area contributed by atoms with E-state index in [-0.39, 0.29) is 11.5 Å². The number of benzene rings is 1. The lowest BCUT2D eigenvalue weighted by atomic mass is 10.0. The van der Waals surface area contributed by atoms with Gasteiger partial charge in [-0.1, -0.05) is 0 Å². The summed E-state index contributed by atoms with van der Waals surface area (Å²) in [6.45, 7) is 4.09. The SMILES string of the molecule is CC(NC(=O)c1ncoc1-c1ccc2c(c1)OCCO2)C(C)C(=O)O. The number of carbonyl (C=O) groups excluding carboxylic acids is 1. The Kier molecular flexibility index (Phi) is 4.60. The highest BCUT2D eigenvalue weighted by Gasteiger charge is 2.25. The lowest BCUT2D eigenvalue weighted by Crippen LogP contribution is -2.40. The number of ether oxygens (including phenoxy) is 2. The molecule has 0 radical (unpaired) electrons. The van der Waals surface area contributed by atoms with Crippen molar-refractivity contribution in [1.82, 2.24) is 10.3 Å². The topological polar surface area (TPSA) is 111 Å². The lowest BCUT2D eigenvalue weighted by Gasteiger charge is -2.19. The molecule has 2 heterocycles. The number of nitrogens with one attached hydrogen (secondary N) is 1. The molecule has 2 N–H and O–H groups in total. The maximum atomic E-state index is 12.4. The Morgan fingerprint density at radius 3 is 2.64 bits per heavy atom. The predicted molar refractivity (Wildman–Crippen MR) is 86.7 cm³/mol. The highest BCUT2D eigenvalue weighted by molar-refractivity contribution is 5.98. The Morgan fingerprint density at radius 2 is 1.92 bits per heavy atom. The second kappa shape index (κ2) is 6.84. The van der Waals surface area contributed by atoms with Gasteiger partial charge in [-0.05, 0) is 32.0 Å². The van der Waals surface area contributed by atoms with Crippen LogP contribution in [0.4, 0.5) is 0 Å². The minimum atomic E-state index is -0.986. The molecule has 0 fully saturated rings. The highest BCUT2D eigenvalue weighted by Crippen LogP contribution is 2.35. The van der Waals surface area contributed by atoms with Crippen LogP contribution in [0.2, 0.25) is 0 Å². The summed E-state index contributed by atoms with van der Waals surface area (Å²) in [6, 6.07) is 4.64. The molecule has 1 aromatic heterocycles. The van der Waals surface area contributed by atoms with Crippen LogP contribution in [0.5, 0.6) is 11.5 Å². The molecule has 0 aliphatic carbocycles. The number of hydrogen-bond acceptors (Lipinski definition) is 6. The molecule has 0 saturated heterocycles. The van der Waals surface area contributed by atoms with Gasteiger partial charge in [-0.3, -0.25) is 9.59 Å². The molecule has 1 amide bonds. The number of fused-ring (bicyclic) bond motifs is 1. The minimum Gasteiger partial charge on any atom is -0.486 e. The molecular weight excluding hydrogens is 328 g/mol. The standard InChI is InChI=1S/C17H18N2O6/c1-9(17(21)22)10(2)19-16(20)14-15(25-8-18-14)11-3-4-12-13(7-11)24-6-5-23-12/h3-4,7-10H,5-6H2,1-2H3,(H,19,20)(H,21,22). The molecule has 0 saturated carbocycles. The first kappa shape index (κ1) is 16.8. The zero-order chi connectivity index (χ0) is 18.0. The summed E-state index contributed by atoms with van der Waals surface area (Å²) < 4.78 is 16.4. The number of carboxylic acid groups (broad SMARTS) is 1. The van der Waals surface area contributed by atoms with Crippen molar-refractivity contribution >= 4 is 11.9 Å². The second-order valence-electron chi connectivity index (χ2n) is 5.78. The summed E-state index contributed by atoms with van der Waals surface area (Å²) in [5, 5.41) is 11.7. The van der Waals surface area contributed by atoms with Gasteiger partial charge < -0.3 is 24.3 Å². The van der Waals surface area contributed by atoms with E-state index in [0.717, 1.165) is 0 Å². The van der Waals surface area contributed by atoms with E-state index in [4.69, 9.17) is 19.0 Å². The molecule has 1 aliphatic rings. The van der Waals surface area contributed by atoms with Gasteiger partial charge in [0.2, 0.25) is 0 Å². The van der Waals surface area contributed by atoms with Crippen LogP contribution >= 0.6 is 0 Å². The Hall–Kier alpha value is -3.03. The van der Waals surface area contributed by atoms with Crippen LogP contribution in [-0.2, 0) is 4.79 Å². The van der Waals surface area contributed by atoms with E-state index >= 15 is 0 Å². The number of rotatable bonds is 5. The van der Waals surface area contributed by atoms with Crippen LogP contribution in [0.25, 0.3) is 11.3 Å². The van der Waals surface area contributed by atoms with Crippen LogP contribution in [0.1, 0.15) is 24.3 Å². The Bertz CT molecular complexity index is 800. The molecule has 3 rings (SSSR count). The number of oxazole rings is 1. The molecule has 2 atom stereocenters. The van der Waals surface area contributed by atoms with Crippen LogP contribution in [0.15, 0.2) is 29.0 Å². The van der Waals surface area contributed by atoms with Crippen LogP contribution < -0.4 is 14.8 Å². The summed E-state index contributed by atoms with van der Waals surface area (Å²) in [5.74, 6) is -0.735. The highest BCUT2D eigenvalue weighted by atomic mass is 16.6. The number of aliphatic carboxylic acids is 1. The van der Waals surface area contributed by atoms with Crippen molar-refractivity contribution < 1.29 is 28.6 Å². The maximum Gasteiger partial charge on any atom is 0.308 e. The van der Waals surface area contributed by atoms with Gasteiger partial charge in [0.25, 0.3) is 5.91 Å². The number of amides is 1. The summed E-state index contributed by atoms with van der Waals surface area (Å²) in [4.78, 5) is 27.4. The number of nitrogens with zero attached hydrogens (tertiary/aromatic N) is 1. The zero-order valence-electron chi connectivity index (χ0n) is 13.8. The van der Waals surface area contributed by atoms with Crippen molar-refractivity contribution in [3.63, 3.8) is 0 Å². The van der Waals surface area contributed by atoms with E-state index in [9.17, 15) is 9.59 Å². The lowest BCUT2D eigenvalue weighted by molar-refractivity contribution is -0.141. The Balaban J connectivity index is 1.83. The third kappa shape index (κ3) is 3.42. The fourth-order valence-corrected chi connectivity index (χ4v) is 2.41. The van der Waals surface area contributed by atoms with Gasteiger partial charge in [0.05, 0.1) is 5.92 Å². The maximum absolute atomic E-state index is 12.4. The third-order valence-corrected chi connectivity index (χ3v) is 4.09. The number of hydrogen-bond donors (Lipinski definition) is 2. The number of carboxylic acids is 1.